The van der Waals surface area contributed by atoms with Crippen molar-refractivity contribution in [2.75, 3.05) is 25.7 Å². The average molecular weight is 502 g/mol. The van der Waals surface area contributed by atoms with Crippen LogP contribution < -0.4 is 14.2 Å². The molecular formula is C19H21N2O8S3-. The molecule has 0 saturated carbocycles. The van der Waals surface area contributed by atoms with Crippen LogP contribution in [0, 0.1) is 0 Å². The minimum Gasteiger partial charge on any atom is -0.760 e. The SMILES string of the molecule is CCOc1cc(C(CS(C)(=O)=O)N2C(=O)c3csc(CNS(=O)[O-])c3C2=O)ccc1OC. The Hall–Kier alpha value is -2.32. The Bertz CT molecular complexity index is 1180. The standard InChI is InChI=1S/C19H22N2O8S3/c1-4-29-15-7-11(5-6-14(15)28-2)13(10-32(3,26)27)21-18(22)12-9-30-16(8-20-31(24)25)17(12)19(21)23/h5-7,9,13,20H,4,8,10H2,1-3H3,(H,24,25)/p-1. The molecular weight excluding hydrogens is 480 g/mol. The van der Waals surface area contributed by atoms with Crippen LogP contribution in [0.1, 0.15) is 44.1 Å². The van der Waals surface area contributed by atoms with Gasteiger partial charge in [-0.3, -0.25) is 18.7 Å². The van der Waals surface area contributed by atoms with E-state index in [0.717, 1.165) is 22.5 Å². The summed E-state index contributed by atoms with van der Waals surface area (Å²) in [7, 11) is -2.15. The highest BCUT2D eigenvalue weighted by Crippen LogP contribution is 2.39. The number of rotatable bonds is 10. The Morgan fingerprint density at radius 3 is 2.56 bits per heavy atom. The van der Waals surface area contributed by atoms with E-state index in [4.69, 9.17) is 9.47 Å². The van der Waals surface area contributed by atoms with Gasteiger partial charge in [-0.25, -0.2) is 13.1 Å². The zero-order chi connectivity index (χ0) is 23.6. The molecule has 0 bridgehead atoms. The van der Waals surface area contributed by atoms with Crippen LogP contribution in [0.15, 0.2) is 23.6 Å². The number of benzene rings is 1. The van der Waals surface area contributed by atoms with Gasteiger partial charge in [0.1, 0.15) is 9.84 Å². The molecule has 1 aliphatic rings. The number of carbonyl (C=O) groups is 2. The molecule has 0 fully saturated rings. The third kappa shape index (κ3) is 5.02. The Morgan fingerprint density at radius 1 is 1.25 bits per heavy atom. The van der Waals surface area contributed by atoms with Gasteiger partial charge in [0.2, 0.25) is 0 Å². The molecule has 0 spiro atoms. The molecule has 1 N–H and O–H groups in total. The largest absolute Gasteiger partial charge is 0.760 e. The van der Waals surface area contributed by atoms with E-state index in [9.17, 15) is 26.8 Å². The molecule has 174 valence electrons. The summed E-state index contributed by atoms with van der Waals surface area (Å²) in [4.78, 5) is 27.6. The van der Waals surface area contributed by atoms with Crippen LogP contribution in [0.3, 0.4) is 0 Å². The number of thiophene rings is 1. The highest BCUT2D eigenvalue weighted by atomic mass is 32.2. The zero-order valence-electron chi connectivity index (χ0n) is 17.4. The summed E-state index contributed by atoms with van der Waals surface area (Å²) in [5.74, 6) is -1.04. The van der Waals surface area contributed by atoms with E-state index in [-0.39, 0.29) is 17.7 Å². The van der Waals surface area contributed by atoms with Crippen LogP contribution in [0.2, 0.25) is 0 Å². The van der Waals surface area contributed by atoms with E-state index in [1.54, 1.807) is 25.1 Å². The van der Waals surface area contributed by atoms with Crippen molar-refractivity contribution in [1.29, 1.82) is 0 Å². The number of hydrogen-bond acceptors (Lipinski definition) is 9. The number of carbonyl (C=O) groups excluding carboxylic acids is 2. The highest BCUT2D eigenvalue weighted by Gasteiger charge is 2.44. The summed E-state index contributed by atoms with van der Waals surface area (Å²) in [6.07, 6.45) is 1.02. The Balaban J connectivity index is 2.05. The van der Waals surface area contributed by atoms with Crippen molar-refractivity contribution in [3.63, 3.8) is 0 Å². The van der Waals surface area contributed by atoms with Gasteiger partial charge in [-0.15, -0.1) is 11.3 Å². The minimum atomic E-state index is -3.61. The second-order valence-corrected chi connectivity index (χ2v) is 10.8. The fourth-order valence-electron chi connectivity index (χ4n) is 3.45. The van der Waals surface area contributed by atoms with Gasteiger partial charge in [0.25, 0.3) is 11.8 Å². The average Bonchev–Trinajstić information content (AvgIpc) is 3.24. The Morgan fingerprint density at radius 2 is 1.97 bits per heavy atom. The quantitative estimate of drug-likeness (QED) is 0.380. The molecule has 2 unspecified atom stereocenters. The fraction of sp³-hybridized carbons (Fsp3) is 0.368. The van der Waals surface area contributed by atoms with Crippen molar-refractivity contribution in [2.45, 2.75) is 19.5 Å². The molecule has 0 radical (unpaired) electrons. The summed E-state index contributed by atoms with van der Waals surface area (Å²) >= 11 is -1.46. The summed E-state index contributed by atoms with van der Waals surface area (Å²) in [6.45, 7) is 1.94. The second-order valence-electron chi connectivity index (χ2n) is 6.94. The number of imide groups is 1. The second kappa shape index (κ2) is 9.67. The lowest BCUT2D eigenvalue weighted by molar-refractivity contribution is 0.0597. The third-order valence-corrected chi connectivity index (χ3v) is 7.03. The van der Waals surface area contributed by atoms with E-state index < -0.39 is 44.7 Å². The molecule has 1 aliphatic heterocycles. The summed E-state index contributed by atoms with van der Waals surface area (Å²) < 4.78 is 59.0. The molecule has 2 heterocycles. The molecule has 2 atom stereocenters. The Kier molecular flexibility index (Phi) is 7.35. The lowest BCUT2D eigenvalue weighted by atomic mass is 10.1. The lowest BCUT2D eigenvalue weighted by Gasteiger charge is -2.27. The van der Waals surface area contributed by atoms with Gasteiger partial charge >= 0.3 is 0 Å². The van der Waals surface area contributed by atoms with E-state index in [0.29, 0.717) is 28.5 Å². The van der Waals surface area contributed by atoms with Crippen LogP contribution in [0.25, 0.3) is 0 Å². The molecule has 13 heteroatoms. The maximum absolute atomic E-state index is 13.2. The Labute approximate surface area is 191 Å². The van der Waals surface area contributed by atoms with Crippen molar-refractivity contribution < 1.29 is 36.2 Å². The van der Waals surface area contributed by atoms with Crippen LogP contribution in [-0.4, -0.2) is 59.6 Å². The van der Waals surface area contributed by atoms with Crippen molar-refractivity contribution in [3.05, 3.63) is 45.1 Å². The summed E-state index contributed by atoms with van der Waals surface area (Å²) in [5.41, 5.74) is 0.580. The lowest BCUT2D eigenvalue weighted by Crippen LogP contribution is -2.38. The first-order valence-electron chi connectivity index (χ1n) is 9.36. The number of nitrogens with one attached hydrogen (secondary N) is 1. The molecule has 0 saturated heterocycles. The van der Waals surface area contributed by atoms with Gasteiger partial charge in [0, 0.05) is 34.3 Å². The number of methoxy groups -OCH3 is 1. The molecule has 3 rings (SSSR count). The summed E-state index contributed by atoms with van der Waals surface area (Å²) in [5, 5.41) is 1.47. The van der Waals surface area contributed by atoms with E-state index >= 15 is 0 Å². The van der Waals surface area contributed by atoms with E-state index in [2.05, 4.69) is 4.72 Å². The van der Waals surface area contributed by atoms with Crippen molar-refractivity contribution in [1.82, 2.24) is 9.62 Å². The first-order chi connectivity index (χ1) is 15.1. The molecule has 32 heavy (non-hydrogen) atoms. The topological polar surface area (TPSA) is 142 Å². The molecule has 10 nitrogen and oxygen atoms in total. The smallest absolute Gasteiger partial charge is 0.263 e. The monoisotopic (exact) mass is 501 g/mol. The van der Waals surface area contributed by atoms with Crippen LogP contribution in [0.5, 0.6) is 11.5 Å². The van der Waals surface area contributed by atoms with Gasteiger partial charge in [0.15, 0.2) is 11.5 Å². The first-order valence-corrected chi connectivity index (χ1v) is 13.4. The van der Waals surface area contributed by atoms with Gasteiger partial charge in [0.05, 0.1) is 36.6 Å². The number of nitrogens with zero attached hydrogens (tertiary/aromatic N) is 1. The zero-order valence-corrected chi connectivity index (χ0v) is 19.9. The van der Waals surface area contributed by atoms with E-state index in [1.807, 2.05) is 0 Å². The van der Waals surface area contributed by atoms with Crippen molar-refractivity contribution >= 4 is 44.3 Å². The number of fused-ring (bicyclic) bond motifs is 1. The van der Waals surface area contributed by atoms with Crippen molar-refractivity contribution in [2.24, 2.45) is 0 Å². The minimum absolute atomic E-state index is 0.0787. The maximum atomic E-state index is 13.2. The van der Waals surface area contributed by atoms with E-state index in [1.165, 1.54) is 12.5 Å². The number of hydrogen-bond donors (Lipinski definition) is 1. The molecule has 0 aliphatic carbocycles. The van der Waals surface area contributed by atoms with Gasteiger partial charge < -0.3 is 14.0 Å². The highest BCUT2D eigenvalue weighted by molar-refractivity contribution is 7.90. The number of ether oxygens (including phenoxy) is 2. The predicted molar refractivity (Wildman–Crippen MR) is 117 cm³/mol. The number of amides is 2. The van der Waals surface area contributed by atoms with Gasteiger partial charge in [-0.2, -0.15) is 0 Å². The molecule has 2 amide bonds. The molecule has 2 aromatic rings. The van der Waals surface area contributed by atoms with Gasteiger partial charge in [-0.1, -0.05) is 6.07 Å². The van der Waals surface area contributed by atoms with Crippen LogP contribution in [0.4, 0.5) is 0 Å². The van der Waals surface area contributed by atoms with Crippen LogP contribution in [-0.2, 0) is 27.6 Å². The number of sulfone groups is 1. The predicted octanol–water partition coefficient (Wildman–Crippen LogP) is 1.42. The maximum Gasteiger partial charge on any atom is 0.263 e. The van der Waals surface area contributed by atoms with Crippen LogP contribution >= 0.6 is 11.3 Å². The molecule has 1 aromatic carbocycles. The fourth-order valence-corrected chi connectivity index (χ4v) is 5.66. The normalized spacial score (nSPS) is 15.6. The van der Waals surface area contributed by atoms with Crippen molar-refractivity contribution in [3.8, 4) is 11.5 Å². The third-order valence-electron chi connectivity index (χ3n) is 4.74. The first kappa shape index (κ1) is 24.3. The summed E-state index contributed by atoms with van der Waals surface area (Å²) in [6, 6.07) is 3.59. The van der Waals surface area contributed by atoms with Gasteiger partial charge in [-0.05, 0) is 24.6 Å². The molecule has 1 aromatic heterocycles.